The molecule has 0 unspecified atom stereocenters. The molecule has 0 fully saturated rings. The molecule has 0 saturated heterocycles. The van der Waals surface area contributed by atoms with Crippen molar-refractivity contribution in [2.75, 3.05) is 25.6 Å². The number of halogens is 17. The van der Waals surface area contributed by atoms with E-state index < -0.39 is 111 Å². The number of benzene rings is 2. The highest BCUT2D eigenvalue weighted by Crippen LogP contribution is 2.64. The van der Waals surface area contributed by atoms with Gasteiger partial charge in [-0.3, -0.25) is 15.3 Å². The van der Waals surface area contributed by atoms with E-state index in [0.717, 1.165) is 6.08 Å². The molecule has 1 atom stereocenters. The molecule has 0 heterocycles. The second-order valence-corrected chi connectivity index (χ2v) is 20.1. The Kier molecular flexibility index (Phi) is 17.9. The van der Waals surface area contributed by atoms with E-state index in [-0.39, 0.29) is 12.2 Å². The molecule has 65 heavy (non-hydrogen) atoms. The average Bonchev–Trinajstić information content (AvgIpc) is 3.19. The number of ether oxygens (including phenoxy) is 3. The van der Waals surface area contributed by atoms with Gasteiger partial charge in [0.1, 0.15) is 24.2 Å². The fourth-order valence-electron chi connectivity index (χ4n) is 6.31. The molecule has 0 aliphatic heterocycles. The highest BCUT2D eigenvalue weighted by Gasteiger charge is 2.95. The number of hydrogen-bond acceptors (Lipinski definition) is 7. The SMILES string of the molecule is COc1ccc(NC(=O)O[C@H](C/C(C)=C/C(=O)NO)c2ccc(OCCO[Si](CCC(F)(F)C(F)(F)C(F)(F)C(F)(F)C(F)(F)C(F)(F)C(F)(F)C(F)(F)F)(C(C)C)C(C)C)cc2)cc1. The molecule has 27 heteroatoms. The van der Waals surface area contributed by atoms with E-state index in [2.05, 4.69) is 5.32 Å². The molecule has 2 amide bonds. The predicted octanol–water partition coefficient (Wildman–Crippen LogP) is 12.4. The summed E-state index contributed by atoms with van der Waals surface area (Å²) in [6.07, 6.45) is -11.5. The summed E-state index contributed by atoms with van der Waals surface area (Å²) in [5, 5.41) is 11.4. The summed E-state index contributed by atoms with van der Waals surface area (Å²) in [5.74, 6) is -57.2. The van der Waals surface area contributed by atoms with Crippen molar-refractivity contribution < 1.29 is 108 Å². The molecule has 0 radical (unpaired) electrons. The van der Waals surface area contributed by atoms with Crippen molar-refractivity contribution in [2.24, 2.45) is 0 Å². The first kappa shape index (κ1) is 56.6. The van der Waals surface area contributed by atoms with Gasteiger partial charge in [-0.05, 0) is 66.0 Å². The van der Waals surface area contributed by atoms with Crippen LogP contribution in [0.3, 0.4) is 0 Å². The molecule has 3 N–H and O–H groups in total. The van der Waals surface area contributed by atoms with E-state index in [4.69, 9.17) is 23.8 Å². The molecular weight excluding hydrogens is 947 g/mol. The molecule has 0 bridgehead atoms. The third-order valence-electron chi connectivity index (χ3n) is 10.1. The lowest BCUT2D eigenvalue weighted by atomic mass is 9.88. The van der Waals surface area contributed by atoms with E-state index in [1.165, 1.54) is 83.6 Å². The van der Waals surface area contributed by atoms with Gasteiger partial charge in [0, 0.05) is 24.6 Å². The highest BCUT2D eigenvalue weighted by molar-refractivity contribution is 6.76. The summed E-state index contributed by atoms with van der Waals surface area (Å²) in [5.41, 5.74) is 0.604. The van der Waals surface area contributed by atoms with Crippen LogP contribution in [0.5, 0.6) is 11.5 Å². The predicted molar refractivity (Wildman–Crippen MR) is 198 cm³/mol. The molecule has 0 saturated carbocycles. The molecule has 0 aromatic heterocycles. The van der Waals surface area contributed by atoms with Crippen LogP contribution in [0.25, 0.3) is 0 Å². The summed E-state index contributed by atoms with van der Waals surface area (Å²) in [6, 6.07) is 10.3. The van der Waals surface area contributed by atoms with Gasteiger partial charge in [-0.25, -0.2) is 10.3 Å². The van der Waals surface area contributed by atoms with Crippen molar-refractivity contribution in [3.63, 3.8) is 0 Å². The van der Waals surface area contributed by atoms with Crippen LogP contribution in [0.2, 0.25) is 17.1 Å². The third-order valence-corrected chi connectivity index (χ3v) is 15.8. The zero-order valence-corrected chi connectivity index (χ0v) is 35.8. The number of anilines is 1. The standard InChI is InChI=1S/C38H43F17N2O7Si/c1-21(2)65(22(3)4,18-15-31(39,40)32(41,42)33(43,44)34(45,46)35(47,48)36(49,50)37(51,52)38(53,54)55)63-17-16-62-27-11-7-24(8-12-27)28(19-23(5)20-29(58)57-60)64-30(59)56-25-9-13-26(61-6)14-10-25/h7-14,20-22,28,60H,15-19H2,1-6H3,(H,56,59)(H,57,58)/b23-20+/t28-/m1/s1. The first-order valence-corrected chi connectivity index (χ1v) is 21.0. The topological polar surface area (TPSA) is 115 Å². The molecule has 2 rings (SSSR count). The Labute approximate surface area is 360 Å². The number of amides is 2. The number of methoxy groups -OCH3 is 1. The fourth-order valence-corrected chi connectivity index (χ4v) is 10.8. The summed E-state index contributed by atoms with van der Waals surface area (Å²) in [4.78, 5) is 24.5. The number of rotatable bonds is 23. The minimum Gasteiger partial charge on any atom is -0.497 e. The minimum atomic E-state index is -8.71. The monoisotopic (exact) mass is 990 g/mol. The molecule has 9 nitrogen and oxygen atoms in total. The number of alkyl halides is 17. The molecule has 0 aliphatic rings. The highest BCUT2D eigenvalue weighted by atomic mass is 28.4. The van der Waals surface area contributed by atoms with E-state index in [1.54, 1.807) is 12.1 Å². The maximum atomic E-state index is 15.0. The first-order chi connectivity index (χ1) is 29.4. The van der Waals surface area contributed by atoms with Gasteiger partial charge in [0.05, 0.1) is 13.7 Å². The lowest BCUT2D eigenvalue weighted by Gasteiger charge is -2.44. The Hall–Kier alpha value is -4.53. The number of nitrogens with one attached hydrogen (secondary N) is 2. The van der Waals surface area contributed by atoms with E-state index in [9.17, 15) is 84.2 Å². The molecule has 0 spiro atoms. The Morgan fingerprint density at radius 2 is 1.14 bits per heavy atom. The second kappa shape index (κ2) is 20.5. The average molecular weight is 991 g/mol. The number of hydroxylamine groups is 1. The summed E-state index contributed by atoms with van der Waals surface area (Å²) in [7, 11) is -2.60. The van der Waals surface area contributed by atoms with Crippen LogP contribution in [0.1, 0.15) is 59.1 Å². The third kappa shape index (κ3) is 11.7. The van der Waals surface area contributed by atoms with Crippen LogP contribution in [-0.2, 0) is 14.0 Å². The van der Waals surface area contributed by atoms with Gasteiger partial charge in [-0.1, -0.05) is 45.4 Å². The van der Waals surface area contributed by atoms with Crippen molar-refractivity contribution in [3.8, 4) is 11.5 Å². The van der Waals surface area contributed by atoms with E-state index >= 15 is 0 Å². The lowest BCUT2D eigenvalue weighted by Crippen LogP contribution is -2.74. The van der Waals surface area contributed by atoms with Gasteiger partial charge < -0.3 is 18.6 Å². The molecule has 0 aliphatic carbocycles. The first-order valence-electron chi connectivity index (χ1n) is 18.7. The summed E-state index contributed by atoms with van der Waals surface area (Å²) < 4.78 is 258. The van der Waals surface area contributed by atoms with Crippen molar-refractivity contribution >= 4 is 26.0 Å². The summed E-state index contributed by atoms with van der Waals surface area (Å²) in [6.45, 7) is 5.70. The van der Waals surface area contributed by atoms with Crippen molar-refractivity contribution in [1.82, 2.24) is 5.48 Å². The molecular formula is C38H43F17N2O7Si. The molecule has 2 aromatic rings. The van der Waals surface area contributed by atoms with Gasteiger partial charge in [0.2, 0.25) is 0 Å². The quantitative estimate of drug-likeness (QED) is 0.0254. The van der Waals surface area contributed by atoms with Crippen LogP contribution in [0.4, 0.5) is 85.1 Å². The Bertz CT molecular complexity index is 1920. The second-order valence-electron chi connectivity index (χ2n) is 15.1. The van der Waals surface area contributed by atoms with Crippen LogP contribution >= 0.6 is 0 Å². The Balaban J connectivity index is 2.29. The molecule has 370 valence electrons. The number of hydrogen-bond donors (Lipinski definition) is 3. The van der Waals surface area contributed by atoms with Crippen LogP contribution in [0, 0.1) is 0 Å². The minimum absolute atomic E-state index is 0.0803. The smallest absolute Gasteiger partial charge is 0.460 e. The zero-order chi connectivity index (χ0) is 50.4. The fraction of sp³-hybridized carbons (Fsp3) is 0.579. The number of carbonyl (C=O) groups is 2. The Morgan fingerprint density at radius 3 is 1.58 bits per heavy atom. The lowest BCUT2D eigenvalue weighted by molar-refractivity contribution is -0.461. The normalized spacial score (nSPS) is 14.6. The van der Waals surface area contributed by atoms with Gasteiger partial charge in [0.25, 0.3) is 5.91 Å². The van der Waals surface area contributed by atoms with Crippen molar-refractivity contribution in [3.05, 3.63) is 65.7 Å². The van der Waals surface area contributed by atoms with Gasteiger partial charge >= 0.3 is 53.7 Å². The maximum Gasteiger partial charge on any atom is 0.460 e. The van der Waals surface area contributed by atoms with E-state index in [1.807, 2.05) is 0 Å². The van der Waals surface area contributed by atoms with Crippen LogP contribution < -0.4 is 20.3 Å². The van der Waals surface area contributed by atoms with Crippen molar-refractivity contribution in [2.45, 2.75) is 118 Å². The van der Waals surface area contributed by atoms with Gasteiger partial charge in [-0.15, -0.1) is 0 Å². The zero-order valence-electron chi connectivity index (χ0n) is 34.8. The largest absolute Gasteiger partial charge is 0.497 e. The maximum absolute atomic E-state index is 15.0. The van der Waals surface area contributed by atoms with E-state index in [0.29, 0.717) is 22.6 Å². The van der Waals surface area contributed by atoms with Gasteiger partial charge in [-0.2, -0.15) is 74.6 Å². The number of carbonyl (C=O) groups excluding carboxylic acids is 2. The van der Waals surface area contributed by atoms with Crippen molar-refractivity contribution in [1.29, 1.82) is 0 Å². The van der Waals surface area contributed by atoms with Gasteiger partial charge in [0.15, 0.2) is 8.32 Å². The Morgan fingerprint density at radius 1 is 0.677 bits per heavy atom. The summed E-state index contributed by atoms with van der Waals surface area (Å²) >= 11 is 0. The molecule has 2 aromatic carbocycles. The van der Waals surface area contributed by atoms with Crippen LogP contribution in [0.15, 0.2) is 60.2 Å². The van der Waals surface area contributed by atoms with Crippen LogP contribution in [-0.4, -0.2) is 93.5 Å².